The van der Waals surface area contributed by atoms with Crippen molar-refractivity contribution in [3.63, 3.8) is 0 Å². The van der Waals surface area contributed by atoms with E-state index in [1.54, 1.807) is 0 Å². The minimum absolute atomic E-state index is 0.438. The first-order chi connectivity index (χ1) is 8.72. The van der Waals surface area contributed by atoms with E-state index in [0.29, 0.717) is 12.1 Å². The number of nitrogens with zero attached hydrogens (tertiary/aromatic N) is 1. The summed E-state index contributed by atoms with van der Waals surface area (Å²) in [7, 11) is 0. The number of benzene rings is 1. The van der Waals surface area contributed by atoms with E-state index >= 15 is 0 Å². The lowest BCUT2D eigenvalue weighted by Gasteiger charge is -2.46. The third-order valence-corrected chi connectivity index (χ3v) is 4.96. The number of hydrogen-bond donors (Lipinski definition) is 1. The molecule has 1 aromatic rings. The average molecular weight is 309 g/mol. The van der Waals surface area contributed by atoms with Gasteiger partial charge in [-0.3, -0.25) is 0 Å². The highest BCUT2D eigenvalue weighted by atomic mass is 79.9. The number of piperidine rings is 3. The second-order valence-electron chi connectivity index (χ2n) is 5.69. The number of halogens is 1. The fraction of sp³-hybridized carbons (Fsp3) is 0.600. The van der Waals surface area contributed by atoms with E-state index < -0.39 is 0 Å². The summed E-state index contributed by atoms with van der Waals surface area (Å²) in [6, 6.07) is 9.76. The maximum atomic E-state index is 3.83. The van der Waals surface area contributed by atoms with Crippen molar-refractivity contribution >= 4 is 15.9 Å². The zero-order valence-corrected chi connectivity index (χ0v) is 12.5. The summed E-state index contributed by atoms with van der Waals surface area (Å²) >= 11 is 3.55. The van der Waals surface area contributed by atoms with Gasteiger partial charge in [0.1, 0.15) is 0 Å². The summed E-state index contributed by atoms with van der Waals surface area (Å²) in [5, 5.41) is 3.83. The van der Waals surface area contributed by atoms with Crippen LogP contribution in [0, 0.1) is 5.92 Å². The van der Waals surface area contributed by atoms with Gasteiger partial charge < -0.3 is 10.2 Å². The SMILES string of the molecule is C[C@@H](NC1CN2CCC1CC2)c1cccc(Br)c1. The number of hydrogen-bond acceptors (Lipinski definition) is 2. The third-order valence-electron chi connectivity index (χ3n) is 4.47. The third kappa shape index (κ3) is 2.63. The minimum atomic E-state index is 0.438. The zero-order valence-electron chi connectivity index (χ0n) is 10.9. The van der Waals surface area contributed by atoms with Crippen LogP contribution < -0.4 is 5.32 Å². The van der Waals surface area contributed by atoms with Crippen LogP contribution in [0.3, 0.4) is 0 Å². The van der Waals surface area contributed by atoms with Gasteiger partial charge in [-0.25, -0.2) is 0 Å². The molecule has 0 aliphatic carbocycles. The standard InChI is InChI=1S/C15H21BrN2/c1-11(13-3-2-4-14(16)9-13)17-15-10-18-7-5-12(15)6-8-18/h2-4,9,11-12,15,17H,5-8,10H2,1H3/t11-,15?/m1/s1. The lowest BCUT2D eigenvalue weighted by atomic mass is 9.83. The lowest BCUT2D eigenvalue weighted by molar-refractivity contribution is 0.0680. The van der Waals surface area contributed by atoms with E-state index in [9.17, 15) is 0 Å². The monoisotopic (exact) mass is 308 g/mol. The molecule has 2 bridgehead atoms. The van der Waals surface area contributed by atoms with Gasteiger partial charge in [-0.1, -0.05) is 28.1 Å². The summed E-state index contributed by atoms with van der Waals surface area (Å²) in [5.41, 5.74) is 1.38. The Morgan fingerprint density at radius 3 is 2.72 bits per heavy atom. The van der Waals surface area contributed by atoms with E-state index in [-0.39, 0.29) is 0 Å². The molecule has 4 rings (SSSR count). The van der Waals surface area contributed by atoms with Crippen LogP contribution >= 0.6 is 15.9 Å². The summed E-state index contributed by atoms with van der Waals surface area (Å²) < 4.78 is 1.17. The largest absolute Gasteiger partial charge is 0.306 e. The van der Waals surface area contributed by atoms with Crippen LogP contribution in [0.5, 0.6) is 0 Å². The minimum Gasteiger partial charge on any atom is -0.306 e. The van der Waals surface area contributed by atoms with Crippen LogP contribution in [0.1, 0.15) is 31.4 Å². The Balaban J connectivity index is 1.66. The van der Waals surface area contributed by atoms with E-state index in [2.05, 4.69) is 57.3 Å². The molecule has 0 aromatic heterocycles. The average Bonchev–Trinajstić information content (AvgIpc) is 2.40. The summed E-state index contributed by atoms with van der Waals surface area (Å²) in [6.45, 7) is 6.14. The fourth-order valence-electron chi connectivity index (χ4n) is 3.35. The molecule has 2 atom stereocenters. The maximum absolute atomic E-state index is 3.83. The molecule has 0 spiro atoms. The molecule has 3 heteroatoms. The van der Waals surface area contributed by atoms with Crippen molar-refractivity contribution in [3.05, 3.63) is 34.3 Å². The van der Waals surface area contributed by atoms with E-state index in [1.165, 1.54) is 42.5 Å². The Bertz CT molecular complexity index is 413. The molecule has 1 aromatic carbocycles. The Hall–Kier alpha value is -0.380. The molecule has 98 valence electrons. The van der Waals surface area contributed by atoms with Crippen molar-refractivity contribution < 1.29 is 0 Å². The first-order valence-corrected chi connectivity index (χ1v) is 7.75. The predicted molar refractivity (Wildman–Crippen MR) is 78.6 cm³/mol. The van der Waals surface area contributed by atoms with Gasteiger partial charge in [0.2, 0.25) is 0 Å². The second kappa shape index (κ2) is 5.32. The molecule has 3 heterocycles. The van der Waals surface area contributed by atoms with Crippen molar-refractivity contribution in [1.82, 2.24) is 10.2 Å². The molecular formula is C15H21BrN2. The van der Waals surface area contributed by atoms with Crippen molar-refractivity contribution in [2.45, 2.75) is 31.8 Å². The van der Waals surface area contributed by atoms with Crippen LogP contribution in [0.15, 0.2) is 28.7 Å². The molecule has 1 unspecified atom stereocenters. The van der Waals surface area contributed by atoms with Crippen LogP contribution in [-0.2, 0) is 0 Å². The van der Waals surface area contributed by atoms with E-state index in [0.717, 1.165) is 5.92 Å². The molecule has 3 aliphatic rings. The fourth-order valence-corrected chi connectivity index (χ4v) is 3.76. The molecule has 18 heavy (non-hydrogen) atoms. The molecule has 3 saturated heterocycles. The second-order valence-corrected chi connectivity index (χ2v) is 6.60. The van der Waals surface area contributed by atoms with Crippen molar-refractivity contribution in [3.8, 4) is 0 Å². The molecular weight excluding hydrogens is 288 g/mol. The zero-order chi connectivity index (χ0) is 12.5. The first kappa shape index (κ1) is 12.6. The summed E-state index contributed by atoms with van der Waals surface area (Å²) in [5.74, 6) is 0.893. The molecule has 0 amide bonds. The molecule has 3 aliphatic heterocycles. The first-order valence-electron chi connectivity index (χ1n) is 6.96. The lowest BCUT2D eigenvalue weighted by Crippen LogP contribution is -2.56. The Labute approximate surface area is 118 Å². The molecule has 3 fully saturated rings. The van der Waals surface area contributed by atoms with Gasteiger partial charge in [0.05, 0.1) is 0 Å². The van der Waals surface area contributed by atoms with E-state index in [4.69, 9.17) is 0 Å². The van der Waals surface area contributed by atoms with Gasteiger partial charge in [0.25, 0.3) is 0 Å². The molecule has 0 saturated carbocycles. The van der Waals surface area contributed by atoms with Crippen LogP contribution in [0.4, 0.5) is 0 Å². The normalized spacial score (nSPS) is 32.4. The Morgan fingerprint density at radius 2 is 2.11 bits per heavy atom. The van der Waals surface area contributed by atoms with Gasteiger partial charge in [-0.2, -0.15) is 0 Å². The Kier molecular flexibility index (Phi) is 3.73. The van der Waals surface area contributed by atoms with Gasteiger partial charge in [0.15, 0.2) is 0 Å². The van der Waals surface area contributed by atoms with Gasteiger partial charge >= 0.3 is 0 Å². The van der Waals surface area contributed by atoms with Gasteiger partial charge in [-0.05, 0) is 56.5 Å². The quantitative estimate of drug-likeness (QED) is 0.922. The summed E-state index contributed by atoms with van der Waals surface area (Å²) in [6.07, 6.45) is 2.76. The van der Waals surface area contributed by atoms with Crippen LogP contribution in [-0.4, -0.2) is 30.6 Å². The molecule has 0 radical (unpaired) electrons. The number of rotatable bonds is 3. The van der Waals surface area contributed by atoms with E-state index in [1.807, 2.05) is 0 Å². The topological polar surface area (TPSA) is 15.3 Å². The van der Waals surface area contributed by atoms with Crippen LogP contribution in [0.25, 0.3) is 0 Å². The maximum Gasteiger partial charge on any atom is 0.0295 e. The smallest absolute Gasteiger partial charge is 0.0295 e. The number of nitrogens with one attached hydrogen (secondary N) is 1. The van der Waals surface area contributed by atoms with Crippen molar-refractivity contribution in [1.29, 1.82) is 0 Å². The molecule has 2 nitrogen and oxygen atoms in total. The highest BCUT2D eigenvalue weighted by Gasteiger charge is 2.34. The van der Waals surface area contributed by atoms with Gasteiger partial charge in [-0.15, -0.1) is 0 Å². The van der Waals surface area contributed by atoms with Crippen LogP contribution in [0.2, 0.25) is 0 Å². The predicted octanol–water partition coefficient (Wildman–Crippen LogP) is 3.19. The number of fused-ring (bicyclic) bond motifs is 3. The van der Waals surface area contributed by atoms with Crippen molar-refractivity contribution in [2.24, 2.45) is 5.92 Å². The highest BCUT2D eigenvalue weighted by Crippen LogP contribution is 2.29. The Morgan fingerprint density at radius 1 is 1.33 bits per heavy atom. The summed E-state index contributed by atoms with van der Waals surface area (Å²) in [4.78, 5) is 2.60. The van der Waals surface area contributed by atoms with Crippen molar-refractivity contribution in [2.75, 3.05) is 19.6 Å². The highest BCUT2D eigenvalue weighted by molar-refractivity contribution is 9.10. The molecule has 1 N–H and O–H groups in total. The van der Waals surface area contributed by atoms with Gasteiger partial charge in [0, 0.05) is 23.1 Å².